The Bertz CT molecular complexity index is 2390. The van der Waals surface area contributed by atoms with E-state index < -0.39 is 148 Å². The highest BCUT2D eigenvalue weighted by Gasteiger charge is 3.03. The van der Waals surface area contributed by atoms with E-state index >= 15 is 0 Å². The van der Waals surface area contributed by atoms with Crippen LogP contribution in [0.25, 0.3) is 0 Å². The lowest BCUT2D eigenvalue weighted by Gasteiger charge is -2.47. The highest BCUT2D eigenvalue weighted by Crippen LogP contribution is 2.71. The molecule has 0 bridgehead atoms. The van der Waals surface area contributed by atoms with Crippen molar-refractivity contribution in [3.05, 3.63) is 29.3 Å². The third-order valence-electron chi connectivity index (χ3n) is 10.1. The molecule has 0 radical (unpaired) electrons. The summed E-state index contributed by atoms with van der Waals surface area (Å²) < 4.78 is 572. The molecule has 0 aromatic heterocycles. The van der Waals surface area contributed by atoms with Gasteiger partial charge in [-0.25, -0.2) is 4.79 Å². The Morgan fingerprint density at radius 3 is 0.844 bits per heavy atom. The second-order valence-electron chi connectivity index (χ2n) is 15.3. The predicted octanol–water partition coefficient (Wildman–Crippen LogP) is 15.1. The minimum absolute atomic E-state index is 0.0505. The molecule has 0 fully saturated rings. The fourth-order valence-corrected chi connectivity index (χ4v) is 5.40. The van der Waals surface area contributed by atoms with E-state index in [-0.39, 0.29) is 12.5 Å². The molecule has 1 unspecified atom stereocenters. The lowest BCUT2D eigenvalue weighted by atomic mass is 9.81. The standard InChI is InChI=1S/C32H13F41N2O2/c1-8-3-4-10(74-7-76)5-11(8)12(77)75-9(2)6-13(33,34)14(35,36)15(37,38)16(39,40)17(41,42)18(43,44)19(45,46)20(47,48)21(49,50)22(51,52)23(53,54)24(55,56)25(57,58)26(59,60)27(61,62)28(63,64)29(65,66)30(67,68)31(69,70)32(71,72)73/h3-5,9H,6H2,1-2H3,(H,75,77). The van der Waals surface area contributed by atoms with E-state index in [1.807, 2.05) is 0 Å². The molecule has 45 heteroatoms. The first-order valence-electron chi connectivity index (χ1n) is 17.7. The lowest BCUT2D eigenvalue weighted by Crippen LogP contribution is -2.80. The van der Waals surface area contributed by atoms with E-state index in [0.717, 1.165) is 30.5 Å². The molecule has 4 nitrogen and oxygen atoms in total. The number of benzene rings is 1. The van der Waals surface area contributed by atoms with Crippen LogP contribution in [0.5, 0.6) is 0 Å². The van der Waals surface area contributed by atoms with Gasteiger partial charge in [0.2, 0.25) is 6.08 Å². The van der Waals surface area contributed by atoms with Crippen molar-refractivity contribution in [3.63, 3.8) is 0 Å². The van der Waals surface area contributed by atoms with E-state index in [4.69, 9.17) is 0 Å². The van der Waals surface area contributed by atoms with E-state index in [2.05, 4.69) is 4.99 Å². The molecule has 0 spiro atoms. The van der Waals surface area contributed by atoms with Crippen molar-refractivity contribution in [1.29, 1.82) is 0 Å². The Kier molecular flexibility index (Phi) is 17.0. The molecule has 450 valence electrons. The summed E-state index contributed by atoms with van der Waals surface area (Å²) in [4.78, 5) is 25.7. The average Bonchev–Trinajstić information content (AvgIpc) is 3.22. The molecule has 77 heavy (non-hydrogen) atoms. The number of nitrogens with one attached hydrogen (secondary N) is 1. The number of carbonyl (C=O) groups excluding carboxylic acids is 2. The maximum Gasteiger partial charge on any atom is 0.460 e. The molecule has 1 aromatic carbocycles. The van der Waals surface area contributed by atoms with E-state index in [1.54, 1.807) is 0 Å². The maximum absolute atomic E-state index is 14.5. The number of aliphatic imine (C=N–C) groups is 1. The van der Waals surface area contributed by atoms with Crippen molar-refractivity contribution in [3.8, 4) is 0 Å². The van der Waals surface area contributed by atoms with Gasteiger partial charge in [-0.3, -0.25) is 4.79 Å². The van der Waals surface area contributed by atoms with Gasteiger partial charge in [-0.1, -0.05) is 6.07 Å². The number of aryl methyl sites for hydroxylation is 1. The van der Waals surface area contributed by atoms with E-state index in [9.17, 15) is 190 Å². The molecule has 0 heterocycles. The number of rotatable bonds is 23. The molecule has 1 N–H and O–H groups in total. The normalized spacial score (nSPS) is 16.6. The summed E-state index contributed by atoms with van der Waals surface area (Å²) in [6.07, 6.45) is -11.1. The summed E-state index contributed by atoms with van der Waals surface area (Å²) in [6, 6.07) is -0.767. The van der Waals surface area contributed by atoms with Crippen LogP contribution in [0.1, 0.15) is 29.3 Å². The van der Waals surface area contributed by atoms with Gasteiger partial charge in [0.15, 0.2) is 0 Å². The maximum atomic E-state index is 14.5. The molecular weight excluding hydrogens is 1220 g/mol. The highest BCUT2D eigenvalue weighted by atomic mass is 19.4. The Morgan fingerprint density at radius 1 is 0.403 bits per heavy atom. The second kappa shape index (κ2) is 18.6. The predicted molar refractivity (Wildman–Crippen MR) is 161 cm³/mol. The van der Waals surface area contributed by atoms with Crippen LogP contribution in [0.15, 0.2) is 23.2 Å². The molecule has 0 aliphatic carbocycles. The molecule has 1 amide bonds. The van der Waals surface area contributed by atoms with E-state index in [0.29, 0.717) is 6.07 Å². The number of carbonyl (C=O) groups is 1. The summed E-state index contributed by atoms with van der Waals surface area (Å²) in [7, 11) is 0. The molecule has 0 aliphatic rings. The number of hydrogen-bond donors (Lipinski definition) is 1. The minimum atomic E-state index is -10.7. The fourth-order valence-electron chi connectivity index (χ4n) is 5.40. The van der Waals surface area contributed by atoms with Gasteiger partial charge in [0, 0.05) is 18.0 Å². The minimum Gasteiger partial charge on any atom is -0.349 e. The lowest BCUT2D eigenvalue weighted by molar-refractivity contribution is -0.495. The van der Waals surface area contributed by atoms with Crippen molar-refractivity contribution in [2.75, 3.05) is 0 Å². The number of halogens is 41. The number of nitrogens with zero attached hydrogens (tertiary/aromatic N) is 1. The van der Waals surface area contributed by atoms with Gasteiger partial charge in [-0.15, -0.1) is 0 Å². The van der Waals surface area contributed by atoms with Crippen LogP contribution < -0.4 is 5.32 Å². The van der Waals surface area contributed by atoms with Crippen molar-refractivity contribution < 1.29 is 190 Å². The number of amides is 1. The van der Waals surface area contributed by atoms with Crippen molar-refractivity contribution in [2.24, 2.45) is 4.99 Å². The summed E-state index contributed by atoms with van der Waals surface area (Å²) in [5.41, 5.74) is -1.75. The molecule has 1 atom stereocenters. The Morgan fingerprint density at radius 2 is 0.623 bits per heavy atom. The smallest absolute Gasteiger partial charge is 0.349 e. The average molecular weight is 1240 g/mol. The summed E-state index contributed by atoms with van der Waals surface area (Å²) >= 11 is 0. The molecule has 1 rings (SSSR count). The zero-order chi connectivity index (χ0) is 62.8. The fraction of sp³-hybridized carbons (Fsp3) is 0.750. The first-order chi connectivity index (χ1) is 33.0. The quantitative estimate of drug-likeness (QED) is 0.0674. The molecule has 0 saturated carbocycles. The number of hydrogen-bond acceptors (Lipinski definition) is 3. The molecule has 0 aliphatic heterocycles. The SMILES string of the molecule is Cc1ccc(N=C=O)cc1C(=O)NC(C)CC(F)(F)C(F)(F)C(F)(F)C(F)(F)C(F)(F)C(F)(F)C(F)(F)C(F)(F)C(F)(F)C(F)(F)C(F)(F)C(F)(F)C(F)(F)C(F)(F)C(F)(F)C(F)(F)C(F)(F)C(F)(F)C(F)(F)C(F)(F)F. The molecule has 1 aromatic rings. The zero-order valence-electron chi connectivity index (χ0n) is 34.8. The van der Waals surface area contributed by atoms with Crippen LogP contribution in [-0.4, -0.2) is 137 Å². The summed E-state index contributed by atoms with van der Waals surface area (Å²) in [5, 5.41) is 1.15. The Labute approximate surface area is 392 Å². The van der Waals surface area contributed by atoms with Crippen molar-refractivity contribution in [1.82, 2.24) is 5.32 Å². The van der Waals surface area contributed by atoms with Crippen LogP contribution in [0.3, 0.4) is 0 Å². The van der Waals surface area contributed by atoms with Gasteiger partial charge < -0.3 is 5.32 Å². The number of alkyl halides is 41. The summed E-state index contributed by atoms with van der Waals surface area (Å²) in [6.45, 7) is 0.872. The third-order valence-corrected chi connectivity index (χ3v) is 10.1. The van der Waals surface area contributed by atoms with Crippen LogP contribution in [0.2, 0.25) is 0 Å². The zero-order valence-corrected chi connectivity index (χ0v) is 34.8. The second-order valence-corrected chi connectivity index (χ2v) is 15.3. The van der Waals surface area contributed by atoms with Crippen LogP contribution in [0.4, 0.5) is 186 Å². The Hall–Kier alpha value is -4.80. The van der Waals surface area contributed by atoms with Crippen molar-refractivity contribution in [2.45, 2.75) is 145 Å². The number of isocyanates is 1. The topological polar surface area (TPSA) is 58.5 Å². The van der Waals surface area contributed by atoms with Crippen molar-refractivity contribution >= 4 is 17.7 Å². The van der Waals surface area contributed by atoms with Crippen LogP contribution in [-0.2, 0) is 4.79 Å². The van der Waals surface area contributed by atoms with Gasteiger partial charge >= 0.3 is 119 Å². The third kappa shape index (κ3) is 8.95. The van der Waals surface area contributed by atoms with Gasteiger partial charge in [0.25, 0.3) is 5.91 Å². The Balaban J connectivity index is 4.02. The first-order valence-corrected chi connectivity index (χ1v) is 17.7. The van der Waals surface area contributed by atoms with Gasteiger partial charge in [0.1, 0.15) is 0 Å². The van der Waals surface area contributed by atoms with Gasteiger partial charge in [0.05, 0.1) is 5.69 Å². The molecular formula is C32H13F41N2O2. The van der Waals surface area contributed by atoms with Crippen LogP contribution in [0, 0.1) is 6.92 Å². The van der Waals surface area contributed by atoms with Gasteiger partial charge in [-0.05, 0) is 31.5 Å². The monoisotopic (exact) mass is 1240 g/mol. The van der Waals surface area contributed by atoms with Gasteiger partial charge in [-0.2, -0.15) is 185 Å². The highest BCUT2D eigenvalue weighted by molar-refractivity contribution is 5.96. The summed E-state index contributed by atoms with van der Waals surface area (Å²) in [5.74, 6) is -191. The first kappa shape index (κ1) is 70.2. The van der Waals surface area contributed by atoms with Crippen LogP contribution >= 0.6 is 0 Å². The molecule has 0 saturated heterocycles. The van der Waals surface area contributed by atoms with E-state index in [1.165, 1.54) is 0 Å². The largest absolute Gasteiger partial charge is 0.460 e.